The number of halogens is 4. The molecular weight excluding hydrogens is 464 g/mol. The second-order valence-electron chi connectivity index (χ2n) is 7.88. The van der Waals surface area contributed by atoms with E-state index in [-0.39, 0.29) is 17.4 Å². The van der Waals surface area contributed by atoms with Crippen LogP contribution in [0.1, 0.15) is 27.0 Å². The largest absolute Gasteiger partial charge is 0.435 e. The van der Waals surface area contributed by atoms with Crippen molar-refractivity contribution >= 4 is 5.91 Å². The number of aromatic nitrogens is 3. The number of rotatable bonds is 5. The van der Waals surface area contributed by atoms with Gasteiger partial charge in [-0.15, -0.1) is 0 Å². The van der Waals surface area contributed by atoms with Gasteiger partial charge in [-0.1, -0.05) is 24.3 Å². The fourth-order valence-corrected chi connectivity index (χ4v) is 3.83. The van der Waals surface area contributed by atoms with E-state index in [2.05, 4.69) is 15.2 Å². The summed E-state index contributed by atoms with van der Waals surface area (Å²) in [6.07, 6.45) is -0.0166. The third-order valence-corrected chi connectivity index (χ3v) is 5.58. The van der Waals surface area contributed by atoms with Gasteiger partial charge < -0.3 is 9.64 Å². The van der Waals surface area contributed by atoms with Gasteiger partial charge in [-0.3, -0.25) is 4.79 Å². The number of amides is 1. The first-order valence-corrected chi connectivity index (χ1v) is 10.5. The van der Waals surface area contributed by atoms with Crippen LogP contribution in [0.5, 0.6) is 11.6 Å². The highest BCUT2D eigenvalue weighted by Gasteiger charge is 2.33. The number of fused-ring (bicyclic) bond motifs is 1. The van der Waals surface area contributed by atoms with Crippen LogP contribution in [-0.2, 0) is 19.3 Å². The summed E-state index contributed by atoms with van der Waals surface area (Å²) in [5.74, 6) is -2.18. The zero-order chi connectivity index (χ0) is 24.6. The summed E-state index contributed by atoms with van der Waals surface area (Å²) in [7, 11) is 0. The lowest BCUT2D eigenvalue weighted by Gasteiger charge is -2.16. The molecule has 10 heteroatoms. The van der Waals surface area contributed by atoms with Gasteiger partial charge >= 0.3 is 6.18 Å². The number of carbonyl (C=O) groups is 1. The first kappa shape index (κ1) is 22.5. The maximum absolute atomic E-state index is 14.3. The topological polar surface area (TPSA) is 68.2 Å². The Balaban J connectivity index is 1.34. The SMILES string of the molecule is O=C1c2c(ccnc2Oc2ccc(C(F)(F)F)cc2F)CN1Cc1ccc(-c2ccnnc2)cc1. The van der Waals surface area contributed by atoms with Crippen molar-refractivity contribution in [3.63, 3.8) is 0 Å². The Hall–Kier alpha value is -4.34. The maximum atomic E-state index is 14.3. The minimum Gasteiger partial charge on any atom is -0.435 e. The van der Waals surface area contributed by atoms with Gasteiger partial charge in [0.2, 0.25) is 5.88 Å². The second-order valence-corrected chi connectivity index (χ2v) is 7.88. The molecule has 0 aliphatic carbocycles. The first-order valence-electron chi connectivity index (χ1n) is 10.5. The van der Waals surface area contributed by atoms with Crippen LogP contribution in [0, 0.1) is 5.82 Å². The Morgan fingerprint density at radius 2 is 1.74 bits per heavy atom. The van der Waals surface area contributed by atoms with Crippen LogP contribution < -0.4 is 4.74 Å². The average Bonchev–Trinajstić information content (AvgIpc) is 3.16. The van der Waals surface area contributed by atoms with Crippen molar-refractivity contribution in [2.75, 3.05) is 0 Å². The van der Waals surface area contributed by atoms with Crippen LogP contribution in [0.2, 0.25) is 0 Å². The second kappa shape index (κ2) is 8.79. The van der Waals surface area contributed by atoms with E-state index in [0.29, 0.717) is 30.8 Å². The molecule has 1 aliphatic rings. The molecule has 0 atom stereocenters. The van der Waals surface area contributed by atoms with E-state index >= 15 is 0 Å². The average molecular weight is 480 g/mol. The van der Waals surface area contributed by atoms with Gasteiger partial charge in [0.25, 0.3) is 5.91 Å². The molecule has 1 aliphatic heterocycles. The zero-order valence-corrected chi connectivity index (χ0v) is 18.0. The summed E-state index contributed by atoms with van der Waals surface area (Å²) in [6.45, 7) is 0.606. The van der Waals surface area contributed by atoms with Crippen molar-refractivity contribution in [1.29, 1.82) is 0 Å². The van der Waals surface area contributed by atoms with Gasteiger partial charge in [-0.2, -0.15) is 23.4 Å². The predicted octanol–water partition coefficient (Wildman–Crippen LogP) is 5.64. The standard InChI is InChI=1S/C25H16F4N4O2/c26-20-11-19(25(27,28)29)5-6-21(20)35-23-22-18(7-9-30-23)14-33(24(22)34)13-15-1-3-16(4-2-15)17-8-10-31-32-12-17/h1-12H,13-14H2. The fourth-order valence-electron chi connectivity index (χ4n) is 3.83. The highest BCUT2D eigenvalue weighted by Crippen LogP contribution is 2.36. The molecule has 0 saturated carbocycles. The number of alkyl halides is 3. The quantitative estimate of drug-likeness (QED) is 0.346. The van der Waals surface area contributed by atoms with Gasteiger partial charge in [-0.05, 0) is 47.0 Å². The van der Waals surface area contributed by atoms with E-state index in [0.717, 1.165) is 22.8 Å². The molecule has 4 aromatic rings. The smallest absolute Gasteiger partial charge is 0.416 e. The lowest BCUT2D eigenvalue weighted by atomic mass is 10.1. The number of hydrogen-bond donors (Lipinski definition) is 0. The molecule has 0 bridgehead atoms. The van der Waals surface area contributed by atoms with Gasteiger partial charge in [0.1, 0.15) is 5.56 Å². The van der Waals surface area contributed by atoms with Gasteiger partial charge in [0.15, 0.2) is 11.6 Å². The van der Waals surface area contributed by atoms with Gasteiger partial charge in [0, 0.05) is 24.8 Å². The summed E-state index contributed by atoms with van der Waals surface area (Å²) < 4.78 is 58.2. The lowest BCUT2D eigenvalue weighted by Crippen LogP contribution is -2.23. The van der Waals surface area contributed by atoms with Crippen molar-refractivity contribution in [1.82, 2.24) is 20.1 Å². The van der Waals surface area contributed by atoms with E-state index in [4.69, 9.17) is 4.74 Å². The van der Waals surface area contributed by atoms with E-state index in [1.807, 2.05) is 30.3 Å². The molecule has 35 heavy (non-hydrogen) atoms. The molecule has 6 nitrogen and oxygen atoms in total. The van der Waals surface area contributed by atoms with Gasteiger partial charge in [-0.25, -0.2) is 9.37 Å². The number of carbonyl (C=O) groups excluding carboxylic acids is 1. The van der Waals surface area contributed by atoms with Crippen LogP contribution in [0.3, 0.4) is 0 Å². The molecule has 0 N–H and O–H groups in total. The number of ether oxygens (including phenoxy) is 1. The van der Waals surface area contributed by atoms with Crippen LogP contribution in [-0.4, -0.2) is 26.0 Å². The van der Waals surface area contributed by atoms with E-state index in [9.17, 15) is 22.4 Å². The lowest BCUT2D eigenvalue weighted by molar-refractivity contribution is -0.137. The van der Waals surface area contributed by atoms with Crippen LogP contribution in [0.4, 0.5) is 17.6 Å². The Bertz CT molecular complexity index is 1390. The van der Waals surface area contributed by atoms with Crippen molar-refractivity contribution in [2.45, 2.75) is 19.3 Å². The number of pyridine rings is 1. The Labute approximate surface area is 196 Å². The van der Waals surface area contributed by atoms with Crippen LogP contribution in [0.15, 0.2) is 73.2 Å². The van der Waals surface area contributed by atoms with Crippen LogP contribution >= 0.6 is 0 Å². The number of hydrogen-bond acceptors (Lipinski definition) is 5. The molecule has 0 radical (unpaired) electrons. The molecule has 1 amide bonds. The Morgan fingerprint density at radius 3 is 2.43 bits per heavy atom. The molecule has 0 saturated heterocycles. The molecule has 0 unspecified atom stereocenters. The predicted molar refractivity (Wildman–Crippen MR) is 117 cm³/mol. The van der Waals surface area contributed by atoms with E-state index in [1.54, 1.807) is 23.4 Å². The Morgan fingerprint density at radius 1 is 0.943 bits per heavy atom. The summed E-state index contributed by atoms with van der Waals surface area (Å²) in [5.41, 5.74) is 2.42. The molecule has 2 aromatic carbocycles. The molecule has 176 valence electrons. The third-order valence-electron chi connectivity index (χ3n) is 5.58. The van der Waals surface area contributed by atoms with Crippen LogP contribution in [0.25, 0.3) is 11.1 Å². The van der Waals surface area contributed by atoms with Crippen molar-refractivity contribution < 1.29 is 27.1 Å². The molecule has 5 rings (SSSR count). The normalized spacial score (nSPS) is 13.1. The van der Waals surface area contributed by atoms with E-state index in [1.165, 1.54) is 6.20 Å². The number of benzene rings is 2. The molecule has 3 heterocycles. The highest BCUT2D eigenvalue weighted by molar-refractivity contribution is 6.00. The minimum atomic E-state index is -4.69. The monoisotopic (exact) mass is 480 g/mol. The maximum Gasteiger partial charge on any atom is 0.416 e. The highest BCUT2D eigenvalue weighted by atomic mass is 19.4. The minimum absolute atomic E-state index is 0.158. The molecule has 0 fully saturated rings. The summed E-state index contributed by atoms with van der Waals surface area (Å²) in [4.78, 5) is 18.7. The molecule has 0 spiro atoms. The summed E-state index contributed by atoms with van der Waals surface area (Å²) >= 11 is 0. The Kier molecular flexibility index (Phi) is 5.64. The van der Waals surface area contributed by atoms with Crippen molar-refractivity contribution in [2.24, 2.45) is 0 Å². The van der Waals surface area contributed by atoms with Gasteiger partial charge in [0.05, 0.1) is 18.0 Å². The van der Waals surface area contributed by atoms with Crippen molar-refractivity contribution in [3.8, 4) is 22.8 Å². The molecule has 2 aromatic heterocycles. The zero-order valence-electron chi connectivity index (χ0n) is 18.0. The van der Waals surface area contributed by atoms with E-state index < -0.39 is 23.3 Å². The number of nitrogens with zero attached hydrogens (tertiary/aromatic N) is 4. The fraction of sp³-hybridized carbons (Fsp3) is 0.120. The third kappa shape index (κ3) is 4.54. The summed E-state index contributed by atoms with van der Waals surface area (Å²) in [5, 5.41) is 7.63. The van der Waals surface area contributed by atoms with Crippen molar-refractivity contribution in [3.05, 3.63) is 101 Å². The molecular formula is C25H16F4N4O2. The summed E-state index contributed by atoms with van der Waals surface area (Å²) in [6, 6.07) is 13.1. The first-order chi connectivity index (χ1) is 16.8.